The lowest BCUT2D eigenvalue weighted by Crippen LogP contribution is -2.44. The van der Waals surface area contributed by atoms with Crippen molar-refractivity contribution in [3.63, 3.8) is 0 Å². The van der Waals surface area contributed by atoms with E-state index < -0.39 is 34.7 Å². The summed E-state index contributed by atoms with van der Waals surface area (Å²) >= 11 is 7.76. The van der Waals surface area contributed by atoms with Crippen molar-refractivity contribution in [2.75, 3.05) is 19.7 Å². The van der Waals surface area contributed by atoms with Gasteiger partial charge in [0.25, 0.3) is 10.2 Å². The second-order valence-electron chi connectivity index (χ2n) is 8.78. The van der Waals surface area contributed by atoms with Crippen molar-refractivity contribution in [2.24, 2.45) is 4.99 Å². The van der Waals surface area contributed by atoms with E-state index in [1.165, 1.54) is 29.5 Å². The summed E-state index contributed by atoms with van der Waals surface area (Å²) in [4.78, 5) is 11.1. The number of nitrogens with one attached hydrogen (secondary N) is 2. The first-order chi connectivity index (χ1) is 18.7. The molecule has 208 valence electrons. The van der Waals surface area contributed by atoms with Gasteiger partial charge in [0.1, 0.15) is 11.9 Å². The number of aliphatic hydroxyl groups excluding tert-OH is 1. The van der Waals surface area contributed by atoms with E-state index in [1.54, 1.807) is 16.5 Å². The Hall–Kier alpha value is -2.82. The van der Waals surface area contributed by atoms with Crippen LogP contribution >= 0.6 is 22.9 Å². The summed E-state index contributed by atoms with van der Waals surface area (Å²) in [5.74, 6) is -0.108. The van der Waals surface area contributed by atoms with Crippen molar-refractivity contribution in [1.29, 1.82) is 0 Å². The quantitative estimate of drug-likeness (QED) is 0.306. The Balaban J connectivity index is 1.62. The fourth-order valence-corrected chi connectivity index (χ4v) is 6.58. The standard InChI is InChI=1S/C23H23ClF3N7O3S2/c24-16-10-13(25)2-3-15(16)20-19(17-4-7-34(31-17)23(26)27)18-11-14(32-39(36,37)29-5-1-8-35)12-33(18)21(30-20)22-28-6-9-38-22/h2-4,6-7,9-10,14,20,23,29,32,35H,1,5,8,11-12H2/t14-,20-/m0/s1. The maximum Gasteiger partial charge on any atom is 0.333 e. The van der Waals surface area contributed by atoms with Crippen LogP contribution in [0.1, 0.15) is 41.7 Å². The Labute approximate surface area is 231 Å². The van der Waals surface area contributed by atoms with E-state index in [1.807, 2.05) is 0 Å². The number of fused-ring (bicyclic) bond motifs is 1. The Morgan fingerprint density at radius 1 is 1.28 bits per heavy atom. The SMILES string of the molecule is O=S(=O)(NCCCO)N[C@H]1CC2=C(c3ccn(C(F)F)n3)[C@H](c3ccc(F)cc3Cl)N=C(c3nccs3)N2C1. The van der Waals surface area contributed by atoms with Gasteiger partial charge in [-0.05, 0) is 24.6 Å². The molecular formula is C23H23ClF3N7O3S2. The molecule has 5 rings (SSSR count). The molecule has 1 aromatic carbocycles. The third-order valence-corrected chi connectivity index (χ3v) is 8.50. The molecule has 0 aliphatic carbocycles. The Morgan fingerprint density at radius 2 is 2.10 bits per heavy atom. The van der Waals surface area contributed by atoms with Crippen LogP contribution in [-0.2, 0) is 10.2 Å². The number of thiazole rings is 1. The van der Waals surface area contributed by atoms with E-state index in [-0.39, 0.29) is 43.3 Å². The van der Waals surface area contributed by atoms with E-state index >= 15 is 0 Å². The predicted molar refractivity (Wildman–Crippen MR) is 140 cm³/mol. The largest absolute Gasteiger partial charge is 0.396 e. The van der Waals surface area contributed by atoms with Gasteiger partial charge in [0, 0.05) is 71.8 Å². The van der Waals surface area contributed by atoms with Crippen LogP contribution in [0.25, 0.3) is 5.57 Å². The van der Waals surface area contributed by atoms with E-state index in [0.717, 1.165) is 12.3 Å². The summed E-state index contributed by atoms with van der Waals surface area (Å²) in [6.45, 7) is -2.81. The highest BCUT2D eigenvalue weighted by molar-refractivity contribution is 7.87. The molecule has 39 heavy (non-hydrogen) atoms. The van der Waals surface area contributed by atoms with Crippen LogP contribution < -0.4 is 9.44 Å². The topological polar surface area (TPSA) is 125 Å². The molecule has 2 aliphatic rings. The molecule has 0 amide bonds. The van der Waals surface area contributed by atoms with Gasteiger partial charge in [0.15, 0.2) is 10.8 Å². The molecule has 0 spiro atoms. The minimum absolute atomic E-state index is 0.0538. The average molecular weight is 602 g/mol. The minimum Gasteiger partial charge on any atom is -0.396 e. The lowest BCUT2D eigenvalue weighted by molar-refractivity contribution is 0.0564. The van der Waals surface area contributed by atoms with E-state index in [4.69, 9.17) is 21.7 Å². The summed E-state index contributed by atoms with van der Waals surface area (Å²) in [6, 6.07) is 3.80. The number of halogens is 4. The van der Waals surface area contributed by atoms with Crippen LogP contribution in [0.4, 0.5) is 13.2 Å². The molecule has 16 heteroatoms. The summed E-state index contributed by atoms with van der Waals surface area (Å²) in [6.07, 6.45) is 3.17. The van der Waals surface area contributed by atoms with Crippen molar-refractivity contribution in [3.8, 4) is 0 Å². The molecule has 3 N–H and O–H groups in total. The molecule has 2 aromatic heterocycles. The zero-order valence-corrected chi connectivity index (χ0v) is 22.5. The molecule has 10 nitrogen and oxygen atoms in total. The molecule has 0 bridgehead atoms. The average Bonchev–Trinajstić information content (AvgIpc) is 3.64. The third-order valence-electron chi connectivity index (χ3n) is 6.17. The van der Waals surface area contributed by atoms with Gasteiger partial charge in [0.2, 0.25) is 0 Å². The highest BCUT2D eigenvalue weighted by atomic mass is 35.5. The number of aliphatic hydroxyl groups is 1. The van der Waals surface area contributed by atoms with E-state index in [2.05, 4.69) is 19.5 Å². The Kier molecular flexibility index (Phi) is 8.07. The Bertz CT molecular complexity index is 1510. The van der Waals surface area contributed by atoms with Gasteiger partial charge >= 0.3 is 6.55 Å². The second-order valence-corrected chi connectivity index (χ2v) is 11.6. The normalized spacial score (nSPS) is 19.6. The number of aliphatic imine (C=N–C) groups is 1. The zero-order chi connectivity index (χ0) is 27.7. The van der Waals surface area contributed by atoms with Gasteiger partial charge in [-0.25, -0.2) is 18.8 Å². The molecule has 1 fully saturated rings. The van der Waals surface area contributed by atoms with Crippen LogP contribution in [0, 0.1) is 5.82 Å². The number of hydrogen-bond donors (Lipinski definition) is 3. The van der Waals surface area contributed by atoms with Crippen LogP contribution in [0.3, 0.4) is 0 Å². The molecule has 0 unspecified atom stereocenters. The van der Waals surface area contributed by atoms with Crippen molar-refractivity contribution in [3.05, 3.63) is 74.8 Å². The van der Waals surface area contributed by atoms with Gasteiger partial charge in [-0.1, -0.05) is 17.7 Å². The van der Waals surface area contributed by atoms with Crippen molar-refractivity contribution in [1.82, 2.24) is 29.1 Å². The first-order valence-corrected chi connectivity index (χ1v) is 14.6. The van der Waals surface area contributed by atoms with Gasteiger partial charge < -0.3 is 10.0 Å². The van der Waals surface area contributed by atoms with Crippen molar-refractivity contribution >= 4 is 44.6 Å². The number of hydrogen-bond acceptors (Lipinski definition) is 8. The summed E-state index contributed by atoms with van der Waals surface area (Å²) in [5, 5.41) is 15.4. The highest BCUT2D eigenvalue weighted by Gasteiger charge is 2.42. The maximum atomic E-state index is 13.9. The van der Waals surface area contributed by atoms with Crippen LogP contribution in [0.5, 0.6) is 0 Å². The number of benzene rings is 1. The number of amidine groups is 1. The molecule has 2 atom stereocenters. The van der Waals surface area contributed by atoms with Gasteiger partial charge in [-0.2, -0.15) is 27.0 Å². The third kappa shape index (κ3) is 5.88. The molecule has 0 saturated carbocycles. The first-order valence-electron chi connectivity index (χ1n) is 11.8. The van der Waals surface area contributed by atoms with Crippen molar-refractivity contribution < 1.29 is 26.7 Å². The molecule has 3 aromatic rings. The smallest absolute Gasteiger partial charge is 0.333 e. The molecule has 2 aliphatic heterocycles. The van der Waals surface area contributed by atoms with Crippen LogP contribution in [-0.4, -0.2) is 64.8 Å². The zero-order valence-electron chi connectivity index (χ0n) is 20.1. The van der Waals surface area contributed by atoms with Gasteiger partial charge in [-0.3, -0.25) is 4.99 Å². The second kappa shape index (κ2) is 11.3. The molecule has 4 heterocycles. The molecule has 0 radical (unpaired) electrons. The predicted octanol–water partition coefficient (Wildman–Crippen LogP) is 3.32. The minimum atomic E-state index is -3.91. The lowest BCUT2D eigenvalue weighted by Gasteiger charge is -2.32. The summed E-state index contributed by atoms with van der Waals surface area (Å²) in [5.41, 5.74) is 1.67. The monoisotopic (exact) mass is 601 g/mol. The van der Waals surface area contributed by atoms with Gasteiger partial charge in [-0.15, -0.1) is 11.3 Å². The first kappa shape index (κ1) is 27.7. The maximum absolute atomic E-state index is 13.9. The lowest BCUT2D eigenvalue weighted by atomic mass is 9.92. The number of alkyl halides is 2. The number of aromatic nitrogens is 3. The van der Waals surface area contributed by atoms with E-state index in [0.29, 0.717) is 32.4 Å². The highest BCUT2D eigenvalue weighted by Crippen LogP contribution is 2.46. The van der Waals surface area contributed by atoms with Crippen LogP contribution in [0.15, 0.2) is 52.7 Å². The number of rotatable bonds is 10. The molecule has 1 saturated heterocycles. The van der Waals surface area contributed by atoms with Crippen molar-refractivity contribution in [2.45, 2.75) is 31.5 Å². The number of nitrogens with zero attached hydrogens (tertiary/aromatic N) is 5. The van der Waals surface area contributed by atoms with E-state index in [9.17, 15) is 21.6 Å². The fourth-order valence-electron chi connectivity index (χ4n) is 4.58. The van der Waals surface area contributed by atoms with Crippen LogP contribution in [0.2, 0.25) is 5.02 Å². The van der Waals surface area contributed by atoms with Gasteiger partial charge in [0.05, 0.1) is 5.69 Å². The fraction of sp³-hybridized carbons (Fsp3) is 0.348. The Morgan fingerprint density at radius 3 is 2.77 bits per heavy atom. The molecular weight excluding hydrogens is 579 g/mol. The summed E-state index contributed by atoms with van der Waals surface area (Å²) in [7, 11) is -3.91. The summed E-state index contributed by atoms with van der Waals surface area (Å²) < 4.78 is 71.6.